The Balaban J connectivity index is 1.80. The molecule has 3 N–H and O–H groups in total. The number of benzene rings is 1. The molecule has 1 saturated heterocycles. The van der Waals surface area contributed by atoms with E-state index in [0.29, 0.717) is 12.1 Å². The lowest BCUT2D eigenvalue weighted by Crippen LogP contribution is -2.39. The molecule has 6 heteroatoms. The normalized spacial score (nSPS) is 18.3. The molecule has 31 heavy (non-hydrogen) atoms. The Morgan fingerprint density at radius 1 is 1.13 bits per heavy atom. The van der Waals surface area contributed by atoms with E-state index in [-0.39, 0.29) is 11.4 Å². The van der Waals surface area contributed by atoms with E-state index in [0.717, 1.165) is 52.3 Å². The molecule has 0 bridgehead atoms. The van der Waals surface area contributed by atoms with Gasteiger partial charge in [0.05, 0.1) is 11.3 Å². The number of anilines is 2. The van der Waals surface area contributed by atoms with E-state index in [1.54, 1.807) is 12.4 Å². The second-order valence-electron chi connectivity index (χ2n) is 8.93. The SMILES string of the molecule is Cc1cc(C)cc(NC(=O)c2cncc(-c3ccnc(C)c3)c2N2CC[C@](C)(N)C2)c1. The predicted molar refractivity (Wildman–Crippen MR) is 125 cm³/mol. The Morgan fingerprint density at radius 2 is 1.87 bits per heavy atom. The molecule has 3 heterocycles. The van der Waals surface area contributed by atoms with E-state index in [1.165, 1.54) is 0 Å². The molecule has 2 aromatic heterocycles. The van der Waals surface area contributed by atoms with Crippen molar-refractivity contribution in [2.24, 2.45) is 5.73 Å². The first-order valence-corrected chi connectivity index (χ1v) is 10.6. The second-order valence-corrected chi connectivity index (χ2v) is 8.93. The van der Waals surface area contributed by atoms with Gasteiger partial charge in [-0.1, -0.05) is 6.07 Å². The predicted octanol–water partition coefficient (Wildman–Crippen LogP) is 4.25. The molecule has 4 rings (SSSR count). The van der Waals surface area contributed by atoms with Gasteiger partial charge in [-0.2, -0.15) is 0 Å². The minimum Gasteiger partial charge on any atom is -0.368 e. The van der Waals surface area contributed by atoms with E-state index < -0.39 is 0 Å². The molecule has 1 amide bonds. The molecule has 1 atom stereocenters. The summed E-state index contributed by atoms with van der Waals surface area (Å²) in [6.07, 6.45) is 6.12. The molecular weight excluding hydrogens is 386 g/mol. The van der Waals surface area contributed by atoms with Crippen molar-refractivity contribution >= 4 is 17.3 Å². The fraction of sp³-hybridized carbons (Fsp3) is 0.320. The smallest absolute Gasteiger partial charge is 0.259 e. The number of nitrogens with one attached hydrogen (secondary N) is 1. The maximum absolute atomic E-state index is 13.4. The highest BCUT2D eigenvalue weighted by Gasteiger charge is 2.33. The molecule has 6 nitrogen and oxygen atoms in total. The molecule has 0 spiro atoms. The summed E-state index contributed by atoms with van der Waals surface area (Å²) >= 11 is 0. The van der Waals surface area contributed by atoms with Gasteiger partial charge < -0.3 is 16.0 Å². The zero-order valence-electron chi connectivity index (χ0n) is 18.6. The Bertz CT molecular complexity index is 1120. The maximum atomic E-state index is 13.4. The van der Waals surface area contributed by atoms with Crippen molar-refractivity contribution in [1.82, 2.24) is 9.97 Å². The molecule has 1 aliphatic rings. The summed E-state index contributed by atoms with van der Waals surface area (Å²) in [5.41, 5.74) is 13.4. The number of aromatic nitrogens is 2. The largest absolute Gasteiger partial charge is 0.368 e. The highest BCUT2D eigenvalue weighted by Crippen LogP contribution is 2.37. The van der Waals surface area contributed by atoms with Crippen molar-refractivity contribution in [3.8, 4) is 11.1 Å². The van der Waals surface area contributed by atoms with Crippen LogP contribution in [0.1, 0.15) is 40.5 Å². The minimum absolute atomic E-state index is 0.175. The second kappa shape index (κ2) is 8.12. The van der Waals surface area contributed by atoms with Gasteiger partial charge in [0.25, 0.3) is 5.91 Å². The van der Waals surface area contributed by atoms with E-state index in [2.05, 4.69) is 33.2 Å². The number of carbonyl (C=O) groups is 1. The monoisotopic (exact) mass is 415 g/mol. The number of carbonyl (C=O) groups excluding carboxylic acids is 1. The van der Waals surface area contributed by atoms with Crippen LogP contribution in [0.5, 0.6) is 0 Å². The summed E-state index contributed by atoms with van der Waals surface area (Å²) < 4.78 is 0. The molecule has 0 unspecified atom stereocenters. The van der Waals surface area contributed by atoms with Crippen LogP contribution in [0.15, 0.2) is 48.9 Å². The van der Waals surface area contributed by atoms with Gasteiger partial charge in [-0.3, -0.25) is 14.8 Å². The van der Waals surface area contributed by atoms with Crippen LogP contribution in [-0.4, -0.2) is 34.5 Å². The summed E-state index contributed by atoms with van der Waals surface area (Å²) in [5, 5.41) is 3.07. The van der Waals surface area contributed by atoms with Gasteiger partial charge in [0.15, 0.2) is 0 Å². The van der Waals surface area contributed by atoms with Gasteiger partial charge in [0, 0.05) is 54.2 Å². The van der Waals surface area contributed by atoms with Crippen molar-refractivity contribution in [3.05, 3.63) is 71.3 Å². The van der Waals surface area contributed by atoms with Crippen molar-refractivity contribution in [3.63, 3.8) is 0 Å². The number of pyridine rings is 2. The number of rotatable bonds is 4. The zero-order chi connectivity index (χ0) is 22.2. The van der Waals surface area contributed by atoms with Crippen LogP contribution < -0.4 is 16.0 Å². The number of nitrogens with two attached hydrogens (primary N) is 1. The summed E-state index contributed by atoms with van der Waals surface area (Å²) in [6, 6.07) is 10.0. The third-order valence-corrected chi connectivity index (χ3v) is 5.67. The summed E-state index contributed by atoms with van der Waals surface area (Å²) in [4.78, 5) is 24.3. The fourth-order valence-electron chi connectivity index (χ4n) is 4.31. The van der Waals surface area contributed by atoms with Crippen LogP contribution in [0.4, 0.5) is 11.4 Å². The Kier molecular flexibility index (Phi) is 5.50. The highest BCUT2D eigenvalue weighted by atomic mass is 16.1. The quantitative estimate of drug-likeness (QED) is 0.666. The topological polar surface area (TPSA) is 84.1 Å². The standard InChI is InChI=1S/C25H29N5O/c1-16-9-17(2)11-20(10-16)29-24(31)22-14-27-13-21(19-5-7-28-18(3)12-19)23(22)30-8-6-25(4,26)15-30/h5,7,9-14H,6,8,15,26H2,1-4H3,(H,29,31)/t25-/m0/s1. The van der Waals surface area contributed by atoms with E-state index in [4.69, 9.17) is 5.73 Å². The average molecular weight is 416 g/mol. The zero-order valence-corrected chi connectivity index (χ0v) is 18.6. The minimum atomic E-state index is -0.296. The van der Waals surface area contributed by atoms with Gasteiger partial charge in [0.1, 0.15) is 0 Å². The summed E-state index contributed by atoms with van der Waals surface area (Å²) in [7, 11) is 0. The molecule has 3 aromatic rings. The molecular formula is C25H29N5O. The molecule has 1 aliphatic heterocycles. The molecule has 0 aliphatic carbocycles. The van der Waals surface area contributed by atoms with Gasteiger partial charge >= 0.3 is 0 Å². The van der Waals surface area contributed by atoms with Gasteiger partial charge in [-0.05, 0) is 75.1 Å². The molecule has 1 fully saturated rings. The van der Waals surface area contributed by atoms with Crippen LogP contribution in [0.25, 0.3) is 11.1 Å². The van der Waals surface area contributed by atoms with E-state index >= 15 is 0 Å². The van der Waals surface area contributed by atoms with Crippen molar-refractivity contribution in [2.45, 2.75) is 39.7 Å². The first-order chi connectivity index (χ1) is 14.7. The lowest BCUT2D eigenvalue weighted by molar-refractivity contribution is 0.102. The third-order valence-electron chi connectivity index (χ3n) is 5.67. The highest BCUT2D eigenvalue weighted by molar-refractivity contribution is 6.10. The average Bonchev–Trinajstić information content (AvgIpc) is 3.06. The maximum Gasteiger partial charge on any atom is 0.259 e. The number of amides is 1. The number of hydrogen-bond acceptors (Lipinski definition) is 5. The first kappa shape index (κ1) is 21.0. The van der Waals surface area contributed by atoms with Crippen molar-refractivity contribution < 1.29 is 4.79 Å². The Labute approximate surface area is 183 Å². The number of hydrogen-bond donors (Lipinski definition) is 2. The van der Waals surface area contributed by atoms with Gasteiger partial charge in [0.2, 0.25) is 0 Å². The number of aryl methyl sites for hydroxylation is 3. The lowest BCUT2D eigenvalue weighted by atomic mass is 10.0. The summed E-state index contributed by atoms with van der Waals surface area (Å²) in [5.74, 6) is -0.175. The van der Waals surface area contributed by atoms with Crippen LogP contribution in [-0.2, 0) is 0 Å². The fourth-order valence-corrected chi connectivity index (χ4v) is 4.31. The molecule has 1 aromatic carbocycles. The van der Waals surface area contributed by atoms with Crippen LogP contribution in [0.3, 0.4) is 0 Å². The van der Waals surface area contributed by atoms with Crippen molar-refractivity contribution in [1.29, 1.82) is 0 Å². The third kappa shape index (κ3) is 4.59. The summed E-state index contributed by atoms with van der Waals surface area (Å²) in [6.45, 7) is 9.53. The Hall–Kier alpha value is -3.25. The van der Waals surface area contributed by atoms with Crippen LogP contribution >= 0.6 is 0 Å². The Morgan fingerprint density at radius 3 is 2.52 bits per heavy atom. The lowest BCUT2D eigenvalue weighted by Gasteiger charge is -2.26. The number of nitrogens with zero attached hydrogens (tertiary/aromatic N) is 3. The van der Waals surface area contributed by atoms with Crippen LogP contribution in [0, 0.1) is 20.8 Å². The van der Waals surface area contributed by atoms with E-state index in [9.17, 15) is 4.79 Å². The molecule has 0 radical (unpaired) electrons. The van der Waals surface area contributed by atoms with Crippen LogP contribution in [0.2, 0.25) is 0 Å². The first-order valence-electron chi connectivity index (χ1n) is 10.6. The van der Waals surface area contributed by atoms with Crippen molar-refractivity contribution in [2.75, 3.05) is 23.3 Å². The van der Waals surface area contributed by atoms with Gasteiger partial charge in [-0.25, -0.2) is 0 Å². The molecule has 160 valence electrons. The van der Waals surface area contributed by atoms with Gasteiger partial charge in [-0.15, -0.1) is 0 Å². The molecule has 0 saturated carbocycles. The van der Waals surface area contributed by atoms with E-state index in [1.807, 2.05) is 51.2 Å².